The lowest BCUT2D eigenvalue weighted by atomic mass is 10.2. The van der Waals surface area contributed by atoms with E-state index in [4.69, 9.17) is 9.47 Å². The van der Waals surface area contributed by atoms with Crippen molar-refractivity contribution in [1.29, 1.82) is 0 Å². The van der Waals surface area contributed by atoms with Gasteiger partial charge in [-0.3, -0.25) is 0 Å². The molecule has 0 aliphatic carbocycles. The maximum absolute atomic E-state index is 5.82. The number of ether oxygens (including phenoxy) is 2. The number of pyridine rings is 1. The zero-order chi connectivity index (χ0) is 14.4. The van der Waals surface area contributed by atoms with Gasteiger partial charge in [0.2, 0.25) is 5.88 Å². The SMILES string of the molecule is CCc1cc(CNC(C)C)cc(OCC2CCCO2)n1. The van der Waals surface area contributed by atoms with Crippen LogP contribution in [-0.4, -0.2) is 30.3 Å². The molecule has 0 radical (unpaired) electrons. The van der Waals surface area contributed by atoms with Crippen molar-refractivity contribution in [1.82, 2.24) is 10.3 Å². The van der Waals surface area contributed by atoms with Crippen LogP contribution in [0.1, 0.15) is 44.9 Å². The average Bonchev–Trinajstić information content (AvgIpc) is 2.96. The molecule has 1 aromatic heterocycles. The van der Waals surface area contributed by atoms with Gasteiger partial charge in [0.05, 0.1) is 6.10 Å². The monoisotopic (exact) mass is 278 g/mol. The smallest absolute Gasteiger partial charge is 0.213 e. The molecule has 4 nitrogen and oxygen atoms in total. The predicted octanol–water partition coefficient (Wildman–Crippen LogP) is 2.70. The molecule has 1 fully saturated rings. The molecular weight excluding hydrogens is 252 g/mol. The molecular formula is C16H26N2O2. The Balaban J connectivity index is 1.96. The number of nitrogens with zero attached hydrogens (tertiary/aromatic N) is 1. The fraction of sp³-hybridized carbons (Fsp3) is 0.688. The number of hydrogen-bond acceptors (Lipinski definition) is 4. The van der Waals surface area contributed by atoms with Crippen molar-refractivity contribution < 1.29 is 9.47 Å². The number of aromatic nitrogens is 1. The second-order valence-electron chi connectivity index (χ2n) is 5.64. The third kappa shape index (κ3) is 4.76. The van der Waals surface area contributed by atoms with E-state index in [1.807, 2.05) is 6.07 Å². The molecule has 0 aromatic carbocycles. The Labute approximate surface area is 121 Å². The van der Waals surface area contributed by atoms with Crippen molar-refractivity contribution in [2.24, 2.45) is 0 Å². The van der Waals surface area contributed by atoms with Gasteiger partial charge in [0, 0.05) is 31.0 Å². The highest BCUT2D eigenvalue weighted by molar-refractivity contribution is 5.25. The van der Waals surface area contributed by atoms with Gasteiger partial charge in [-0.25, -0.2) is 4.98 Å². The van der Waals surface area contributed by atoms with Gasteiger partial charge in [-0.1, -0.05) is 20.8 Å². The molecule has 4 heteroatoms. The molecule has 1 N–H and O–H groups in total. The van der Waals surface area contributed by atoms with Crippen LogP contribution < -0.4 is 10.1 Å². The lowest BCUT2D eigenvalue weighted by Gasteiger charge is -2.14. The maximum Gasteiger partial charge on any atom is 0.213 e. The fourth-order valence-electron chi connectivity index (χ4n) is 2.25. The predicted molar refractivity (Wildman–Crippen MR) is 80.1 cm³/mol. The van der Waals surface area contributed by atoms with E-state index >= 15 is 0 Å². The van der Waals surface area contributed by atoms with Gasteiger partial charge in [0.1, 0.15) is 6.61 Å². The molecule has 1 saturated heterocycles. The van der Waals surface area contributed by atoms with Gasteiger partial charge in [0.25, 0.3) is 0 Å². The quantitative estimate of drug-likeness (QED) is 0.833. The zero-order valence-corrected chi connectivity index (χ0v) is 12.8. The summed E-state index contributed by atoms with van der Waals surface area (Å²) in [5.41, 5.74) is 2.31. The fourth-order valence-corrected chi connectivity index (χ4v) is 2.25. The van der Waals surface area contributed by atoms with Crippen LogP contribution in [0, 0.1) is 0 Å². The van der Waals surface area contributed by atoms with Gasteiger partial charge in [-0.05, 0) is 30.9 Å². The molecule has 1 aromatic rings. The Morgan fingerprint density at radius 1 is 1.45 bits per heavy atom. The largest absolute Gasteiger partial charge is 0.475 e. The first-order valence-electron chi connectivity index (χ1n) is 7.65. The summed E-state index contributed by atoms with van der Waals surface area (Å²) in [7, 11) is 0. The lowest BCUT2D eigenvalue weighted by Crippen LogP contribution is -2.22. The molecule has 0 saturated carbocycles. The van der Waals surface area contributed by atoms with E-state index in [0.717, 1.165) is 44.0 Å². The molecule has 20 heavy (non-hydrogen) atoms. The van der Waals surface area contributed by atoms with Crippen LogP contribution in [0.4, 0.5) is 0 Å². The van der Waals surface area contributed by atoms with E-state index in [9.17, 15) is 0 Å². The Kier molecular flexibility index (Phi) is 5.80. The molecule has 0 amide bonds. The van der Waals surface area contributed by atoms with E-state index in [1.54, 1.807) is 0 Å². The highest BCUT2D eigenvalue weighted by Gasteiger charge is 2.16. The van der Waals surface area contributed by atoms with Crippen LogP contribution in [0.25, 0.3) is 0 Å². The number of aryl methyl sites for hydroxylation is 1. The van der Waals surface area contributed by atoms with Gasteiger partial charge in [0.15, 0.2) is 0 Å². The van der Waals surface area contributed by atoms with E-state index in [-0.39, 0.29) is 6.10 Å². The second kappa shape index (κ2) is 7.60. The number of rotatable bonds is 7. The lowest BCUT2D eigenvalue weighted by molar-refractivity contribution is 0.0662. The topological polar surface area (TPSA) is 43.4 Å². The molecule has 1 atom stereocenters. The van der Waals surface area contributed by atoms with Crippen LogP contribution in [0.15, 0.2) is 12.1 Å². The van der Waals surface area contributed by atoms with Crippen LogP contribution in [0.5, 0.6) is 5.88 Å². The van der Waals surface area contributed by atoms with E-state index in [2.05, 4.69) is 37.1 Å². The molecule has 0 spiro atoms. The first-order valence-corrected chi connectivity index (χ1v) is 7.65. The van der Waals surface area contributed by atoms with Crippen molar-refractivity contribution in [3.63, 3.8) is 0 Å². The Morgan fingerprint density at radius 2 is 2.30 bits per heavy atom. The minimum absolute atomic E-state index is 0.235. The van der Waals surface area contributed by atoms with Crippen molar-refractivity contribution in [3.8, 4) is 5.88 Å². The summed E-state index contributed by atoms with van der Waals surface area (Å²) in [5, 5.41) is 3.43. The van der Waals surface area contributed by atoms with Crippen molar-refractivity contribution in [2.75, 3.05) is 13.2 Å². The van der Waals surface area contributed by atoms with E-state index < -0.39 is 0 Å². The van der Waals surface area contributed by atoms with Gasteiger partial charge in [-0.2, -0.15) is 0 Å². The number of nitrogens with one attached hydrogen (secondary N) is 1. The van der Waals surface area contributed by atoms with Crippen LogP contribution in [-0.2, 0) is 17.7 Å². The Bertz CT molecular complexity index is 415. The first kappa shape index (κ1) is 15.3. The van der Waals surface area contributed by atoms with Gasteiger partial charge in [-0.15, -0.1) is 0 Å². The van der Waals surface area contributed by atoms with Crippen LogP contribution in [0.2, 0.25) is 0 Å². The van der Waals surface area contributed by atoms with Gasteiger partial charge >= 0.3 is 0 Å². The molecule has 2 heterocycles. The highest BCUT2D eigenvalue weighted by atomic mass is 16.5. The summed E-state index contributed by atoms with van der Waals surface area (Å²) in [4.78, 5) is 4.53. The standard InChI is InChI=1S/C16H26N2O2/c1-4-14-8-13(10-17-12(2)3)9-16(18-14)20-11-15-6-5-7-19-15/h8-9,12,15,17H,4-7,10-11H2,1-3H3. The minimum atomic E-state index is 0.235. The average molecular weight is 278 g/mol. The van der Waals surface area contributed by atoms with E-state index in [1.165, 1.54) is 5.56 Å². The van der Waals surface area contributed by atoms with Crippen LogP contribution in [0.3, 0.4) is 0 Å². The summed E-state index contributed by atoms with van der Waals surface area (Å²) in [6.07, 6.45) is 3.39. The summed E-state index contributed by atoms with van der Waals surface area (Å²) in [6.45, 7) is 8.74. The molecule has 1 aliphatic heterocycles. The van der Waals surface area contributed by atoms with Crippen molar-refractivity contribution in [3.05, 3.63) is 23.4 Å². The molecule has 2 rings (SSSR count). The molecule has 112 valence electrons. The molecule has 1 aliphatic rings. The first-order chi connectivity index (χ1) is 9.67. The third-order valence-electron chi connectivity index (χ3n) is 3.43. The van der Waals surface area contributed by atoms with Gasteiger partial charge < -0.3 is 14.8 Å². The van der Waals surface area contributed by atoms with E-state index in [0.29, 0.717) is 12.6 Å². The third-order valence-corrected chi connectivity index (χ3v) is 3.43. The molecule has 0 bridgehead atoms. The summed E-state index contributed by atoms with van der Waals surface area (Å²) in [5.74, 6) is 0.723. The highest BCUT2D eigenvalue weighted by Crippen LogP contribution is 2.17. The van der Waals surface area contributed by atoms with Crippen molar-refractivity contribution >= 4 is 0 Å². The van der Waals surface area contributed by atoms with Crippen molar-refractivity contribution in [2.45, 2.75) is 58.7 Å². The maximum atomic E-state index is 5.82. The number of hydrogen-bond donors (Lipinski definition) is 1. The normalized spacial score (nSPS) is 18.7. The van der Waals surface area contributed by atoms with Crippen LogP contribution >= 0.6 is 0 Å². The minimum Gasteiger partial charge on any atom is -0.475 e. The second-order valence-corrected chi connectivity index (χ2v) is 5.64. The molecule has 1 unspecified atom stereocenters. The summed E-state index contributed by atoms with van der Waals surface area (Å²) >= 11 is 0. The Hall–Kier alpha value is -1.13. The zero-order valence-electron chi connectivity index (χ0n) is 12.8. The summed E-state index contributed by atoms with van der Waals surface area (Å²) in [6, 6.07) is 4.65. The Morgan fingerprint density at radius 3 is 2.95 bits per heavy atom. The summed E-state index contributed by atoms with van der Waals surface area (Å²) < 4.78 is 11.4.